The number of carbonyl (C=O) groups excluding carboxylic acids is 1. The van der Waals surface area contributed by atoms with Gasteiger partial charge in [0, 0.05) is 9.61 Å². The molecule has 7 heteroatoms. The lowest BCUT2D eigenvalue weighted by atomic mass is 10.2. The van der Waals surface area contributed by atoms with Gasteiger partial charge in [-0.1, -0.05) is 12.8 Å². The molecular formula is C14H16FIN2O3. The number of hydrogen-bond donors (Lipinski definition) is 2. The lowest BCUT2D eigenvalue weighted by molar-refractivity contribution is -0.138. The van der Waals surface area contributed by atoms with Crippen molar-refractivity contribution >= 4 is 40.3 Å². The molecule has 0 aliphatic heterocycles. The summed E-state index contributed by atoms with van der Waals surface area (Å²) in [6, 6.07) is 3.55. The summed E-state index contributed by atoms with van der Waals surface area (Å²) in [5.74, 6) is -1.42. The van der Waals surface area contributed by atoms with Crippen molar-refractivity contribution in [3.8, 4) is 0 Å². The Kier molecular flexibility index (Phi) is 5.38. The number of amides is 2. The molecule has 0 radical (unpaired) electrons. The van der Waals surface area contributed by atoms with Crippen LogP contribution in [-0.2, 0) is 4.79 Å². The predicted octanol–water partition coefficient (Wildman–Crippen LogP) is 3.29. The molecule has 0 unspecified atom stereocenters. The number of halogens is 2. The van der Waals surface area contributed by atoms with Crippen LogP contribution in [0.25, 0.3) is 0 Å². The van der Waals surface area contributed by atoms with Crippen molar-refractivity contribution in [2.24, 2.45) is 0 Å². The van der Waals surface area contributed by atoms with E-state index < -0.39 is 12.0 Å². The topological polar surface area (TPSA) is 69.6 Å². The third-order valence-corrected chi connectivity index (χ3v) is 4.40. The molecule has 0 bridgehead atoms. The van der Waals surface area contributed by atoms with Crippen LogP contribution < -0.4 is 5.32 Å². The van der Waals surface area contributed by atoms with Crippen LogP contribution in [0.5, 0.6) is 0 Å². The monoisotopic (exact) mass is 406 g/mol. The van der Waals surface area contributed by atoms with Crippen molar-refractivity contribution in [3.63, 3.8) is 0 Å². The summed E-state index contributed by atoms with van der Waals surface area (Å²) in [5.41, 5.74) is 0.482. The van der Waals surface area contributed by atoms with Gasteiger partial charge in [-0.2, -0.15) is 0 Å². The van der Waals surface area contributed by atoms with E-state index >= 15 is 0 Å². The Morgan fingerprint density at radius 1 is 1.38 bits per heavy atom. The van der Waals surface area contributed by atoms with Gasteiger partial charge < -0.3 is 15.3 Å². The van der Waals surface area contributed by atoms with Crippen LogP contribution in [0.3, 0.4) is 0 Å². The highest BCUT2D eigenvalue weighted by Gasteiger charge is 2.28. The summed E-state index contributed by atoms with van der Waals surface area (Å²) < 4.78 is 13.6. The summed E-state index contributed by atoms with van der Waals surface area (Å²) in [4.78, 5) is 24.6. The zero-order valence-electron chi connectivity index (χ0n) is 11.3. The molecule has 1 aliphatic carbocycles. The number of carbonyl (C=O) groups is 2. The second kappa shape index (κ2) is 7.06. The van der Waals surface area contributed by atoms with Gasteiger partial charge in [0.25, 0.3) is 0 Å². The Hall–Kier alpha value is -1.38. The normalized spacial score (nSPS) is 15.0. The zero-order valence-corrected chi connectivity index (χ0v) is 13.5. The van der Waals surface area contributed by atoms with Crippen LogP contribution in [0.1, 0.15) is 25.7 Å². The molecule has 2 N–H and O–H groups in total. The fourth-order valence-electron chi connectivity index (χ4n) is 2.51. The highest BCUT2D eigenvalue weighted by Crippen LogP contribution is 2.25. The van der Waals surface area contributed by atoms with Crippen molar-refractivity contribution in [3.05, 3.63) is 27.6 Å². The van der Waals surface area contributed by atoms with E-state index in [9.17, 15) is 14.0 Å². The third kappa shape index (κ3) is 4.29. The number of nitrogens with zero attached hydrogens (tertiary/aromatic N) is 1. The Labute approximate surface area is 135 Å². The molecule has 114 valence electrons. The average Bonchev–Trinajstić information content (AvgIpc) is 2.92. The maximum absolute atomic E-state index is 13.1. The second-order valence-electron chi connectivity index (χ2n) is 5.01. The van der Waals surface area contributed by atoms with Crippen LogP contribution in [-0.4, -0.2) is 34.6 Å². The van der Waals surface area contributed by atoms with Crippen LogP contribution in [0, 0.1) is 9.39 Å². The molecule has 1 aromatic rings. The maximum Gasteiger partial charge on any atom is 0.323 e. The number of urea groups is 1. The molecule has 1 aromatic carbocycles. The Morgan fingerprint density at radius 3 is 2.62 bits per heavy atom. The van der Waals surface area contributed by atoms with E-state index in [1.807, 2.05) is 22.6 Å². The Morgan fingerprint density at radius 2 is 2.05 bits per heavy atom. The van der Waals surface area contributed by atoms with Crippen LogP contribution in [0.15, 0.2) is 18.2 Å². The number of carboxylic acids is 1. The molecule has 0 atom stereocenters. The second-order valence-corrected chi connectivity index (χ2v) is 6.18. The van der Waals surface area contributed by atoms with E-state index in [2.05, 4.69) is 5.32 Å². The number of carboxylic acid groups (broad SMARTS) is 1. The van der Waals surface area contributed by atoms with Gasteiger partial charge in [0.05, 0.1) is 5.69 Å². The molecule has 1 fully saturated rings. The molecule has 0 heterocycles. The van der Waals surface area contributed by atoms with Gasteiger partial charge in [0.15, 0.2) is 0 Å². The lowest BCUT2D eigenvalue weighted by Gasteiger charge is -2.27. The van der Waals surface area contributed by atoms with Gasteiger partial charge >= 0.3 is 12.0 Å². The highest BCUT2D eigenvalue weighted by molar-refractivity contribution is 14.1. The molecule has 21 heavy (non-hydrogen) atoms. The van der Waals surface area contributed by atoms with Gasteiger partial charge in [0.2, 0.25) is 0 Å². The molecule has 1 aliphatic rings. The molecule has 0 saturated heterocycles. The Balaban J connectivity index is 2.11. The summed E-state index contributed by atoms with van der Waals surface area (Å²) in [6.07, 6.45) is 3.65. The summed E-state index contributed by atoms with van der Waals surface area (Å²) in [5, 5.41) is 11.6. The van der Waals surface area contributed by atoms with Gasteiger partial charge in [-0.15, -0.1) is 0 Å². The zero-order chi connectivity index (χ0) is 15.4. The quantitative estimate of drug-likeness (QED) is 0.755. The predicted molar refractivity (Wildman–Crippen MR) is 84.7 cm³/mol. The smallest absolute Gasteiger partial charge is 0.323 e. The molecular weight excluding hydrogens is 390 g/mol. The van der Waals surface area contributed by atoms with Crippen molar-refractivity contribution in [1.29, 1.82) is 0 Å². The largest absolute Gasteiger partial charge is 0.480 e. The van der Waals surface area contributed by atoms with Crippen LogP contribution in [0.2, 0.25) is 0 Å². The van der Waals surface area contributed by atoms with E-state index in [4.69, 9.17) is 5.11 Å². The average molecular weight is 406 g/mol. The molecule has 5 nitrogen and oxygen atoms in total. The molecule has 2 amide bonds. The number of hydrogen-bond acceptors (Lipinski definition) is 2. The maximum atomic E-state index is 13.1. The Bertz CT molecular complexity index is 547. The van der Waals surface area contributed by atoms with Gasteiger partial charge in [-0.3, -0.25) is 4.79 Å². The van der Waals surface area contributed by atoms with Crippen molar-refractivity contribution in [1.82, 2.24) is 4.90 Å². The molecule has 0 spiro atoms. The van der Waals surface area contributed by atoms with Crippen molar-refractivity contribution in [2.45, 2.75) is 31.7 Å². The highest BCUT2D eigenvalue weighted by atomic mass is 127. The number of anilines is 1. The number of nitrogens with one attached hydrogen (secondary N) is 1. The summed E-state index contributed by atoms with van der Waals surface area (Å²) in [6.45, 7) is -0.325. The first-order valence-electron chi connectivity index (χ1n) is 6.72. The van der Waals surface area contributed by atoms with E-state index in [1.54, 1.807) is 0 Å². The summed E-state index contributed by atoms with van der Waals surface area (Å²) in [7, 11) is 0. The molecule has 0 aromatic heterocycles. The van der Waals surface area contributed by atoms with Gasteiger partial charge in [-0.05, 0) is 53.6 Å². The van der Waals surface area contributed by atoms with Crippen LogP contribution >= 0.6 is 22.6 Å². The van der Waals surface area contributed by atoms with E-state index in [1.165, 1.54) is 23.1 Å². The fraction of sp³-hybridized carbons (Fsp3) is 0.429. The number of aliphatic carboxylic acids is 1. The number of benzene rings is 1. The van der Waals surface area contributed by atoms with E-state index in [0.717, 1.165) is 25.7 Å². The van der Waals surface area contributed by atoms with Crippen LogP contribution in [0.4, 0.5) is 14.9 Å². The van der Waals surface area contributed by atoms with E-state index in [-0.39, 0.29) is 18.4 Å². The summed E-state index contributed by atoms with van der Waals surface area (Å²) >= 11 is 1.93. The molecule has 1 saturated carbocycles. The SMILES string of the molecule is O=C(O)CN(C(=O)Nc1ccc(F)cc1I)C1CCCC1. The minimum atomic E-state index is -1.04. The fourth-order valence-corrected chi connectivity index (χ4v) is 3.12. The third-order valence-electron chi connectivity index (χ3n) is 3.50. The van der Waals surface area contributed by atoms with Crippen molar-refractivity contribution < 1.29 is 19.1 Å². The minimum Gasteiger partial charge on any atom is -0.480 e. The first-order valence-corrected chi connectivity index (χ1v) is 7.79. The molecule has 2 rings (SSSR count). The van der Waals surface area contributed by atoms with Crippen molar-refractivity contribution in [2.75, 3.05) is 11.9 Å². The van der Waals surface area contributed by atoms with E-state index in [0.29, 0.717) is 9.26 Å². The minimum absolute atomic E-state index is 0.0424. The lowest BCUT2D eigenvalue weighted by Crippen LogP contribution is -2.44. The first kappa shape index (κ1) is 16.0. The van der Waals surface area contributed by atoms with Gasteiger partial charge in [0.1, 0.15) is 12.4 Å². The standard InChI is InChI=1S/C14H16FIN2O3/c15-9-5-6-12(11(16)7-9)17-14(21)18(8-13(19)20)10-3-1-2-4-10/h5-7,10H,1-4,8H2,(H,17,21)(H,19,20). The number of rotatable bonds is 4. The first-order chi connectivity index (χ1) is 9.97. The van der Waals surface area contributed by atoms with Gasteiger partial charge in [-0.25, -0.2) is 9.18 Å².